The maximum absolute atomic E-state index is 12.5. The fourth-order valence-electron chi connectivity index (χ4n) is 2.80. The molecule has 0 N–H and O–H groups in total. The van der Waals surface area contributed by atoms with E-state index in [2.05, 4.69) is 25.1 Å². The van der Waals surface area contributed by atoms with Crippen molar-refractivity contribution in [3.05, 3.63) is 71.3 Å². The number of fused-ring (bicyclic) bond motifs is 1. The third-order valence-corrected chi connectivity index (χ3v) is 3.88. The average molecular weight is 251 g/mol. The molecule has 2 nitrogen and oxygen atoms in total. The van der Waals surface area contributed by atoms with Crippen LogP contribution < -0.4 is 0 Å². The molecular weight excluding hydrogens is 234 g/mol. The van der Waals surface area contributed by atoms with Crippen molar-refractivity contribution < 1.29 is 4.79 Å². The van der Waals surface area contributed by atoms with Crippen LogP contribution in [-0.2, 0) is 6.42 Å². The SMILES string of the molecule is CC1c2ccccc2CCN1C(=O)c1ccccc1. The zero-order valence-electron chi connectivity index (χ0n) is 11.0. The molecule has 0 saturated heterocycles. The molecule has 1 aliphatic heterocycles. The van der Waals surface area contributed by atoms with Gasteiger partial charge >= 0.3 is 0 Å². The predicted molar refractivity (Wildman–Crippen MR) is 76.0 cm³/mol. The average Bonchev–Trinajstić information content (AvgIpc) is 2.48. The first-order valence-electron chi connectivity index (χ1n) is 6.71. The summed E-state index contributed by atoms with van der Waals surface area (Å²) in [6, 6.07) is 18.1. The Morgan fingerprint density at radius 3 is 2.53 bits per heavy atom. The summed E-state index contributed by atoms with van der Waals surface area (Å²) in [5.74, 6) is 0.127. The van der Waals surface area contributed by atoms with Crippen molar-refractivity contribution in [2.24, 2.45) is 0 Å². The molecule has 0 spiro atoms. The third kappa shape index (κ3) is 2.14. The molecule has 2 aromatic rings. The van der Waals surface area contributed by atoms with E-state index >= 15 is 0 Å². The summed E-state index contributed by atoms with van der Waals surface area (Å²) >= 11 is 0. The molecule has 0 aliphatic carbocycles. The first-order chi connectivity index (χ1) is 9.27. The molecule has 0 saturated carbocycles. The van der Waals surface area contributed by atoms with E-state index in [9.17, 15) is 4.79 Å². The van der Waals surface area contributed by atoms with Crippen molar-refractivity contribution in [2.75, 3.05) is 6.54 Å². The highest BCUT2D eigenvalue weighted by atomic mass is 16.2. The number of carbonyl (C=O) groups is 1. The second-order valence-electron chi connectivity index (χ2n) is 4.99. The minimum atomic E-state index is 0.127. The van der Waals surface area contributed by atoms with Crippen LogP contribution in [0.25, 0.3) is 0 Å². The summed E-state index contributed by atoms with van der Waals surface area (Å²) < 4.78 is 0. The van der Waals surface area contributed by atoms with Gasteiger partial charge in [0.05, 0.1) is 6.04 Å². The first kappa shape index (κ1) is 12.0. The highest BCUT2D eigenvalue weighted by Crippen LogP contribution is 2.30. The summed E-state index contributed by atoms with van der Waals surface area (Å²) in [5, 5.41) is 0. The summed E-state index contributed by atoms with van der Waals surface area (Å²) in [6.45, 7) is 2.91. The van der Waals surface area contributed by atoms with Crippen molar-refractivity contribution in [1.29, 1.82) is 0 Å². The molecule has 3 rings (SSSR count). The molecule has 1 heterocycles. The molecule has 2 heteroatoms. The maximum atomic E-state index is 12.5. The summed E-state index contributed by atoms with van der Waals surface area (Å²) in [6.07, 6.45) is 0.944. The molecule has 1 atom stereocenters. The quantitative estimate of drug-likeness (QED) is 0.760. The van der Waals surface area contributed by atoms with Crippen molar-refractivity contribution in [1.82, 2.24) is 4.90 Å². The molecule has 1 aliphatic rings. The molecule has 0 fully saturated rings. The van der Waals surface area contributed by atoms with Crippen molar-refractivity contribution in [3.63, 3.8) is 0 Å². The normalized spacial score (nSPS) is 17.9. The number of amides is 1. The number of carbonyl (C=O) groups excluding carboxylic acids is 1. The Hall–Kier alpha value is -2.09. The molecule has 19 heavy (non-hydrogen) atoms. The van der Waals surface area contributed by atoms with Crippen LogP contribution in [-0.4, -0.2) is 17.4 Å². The van der Waals surface area contributed by atoms with Crippen molar-refractivity contribution >= 4 is 5.91 Å². The lowest BCUT2D eigenvalue weighted by molar-refractivity contribution is 0.0677. The minimum Gasteiger partial charge on any atom is -0.332 e. The van der Waals surface area contributed by atoms with E-state index < -0.39 is 0 Å². The number of benzene rings is 2. The summed E-state index contributed by atoms with van der Waals surface area (Å²) in [5.41, 5.74) is 3.42. The van der Waals surface area contributed by atoms with Gasteiger partial charge in [0.25, 0.3) is 5.91 Å². The first-order valence-corrected chi connectivity index (χ1v) is 6.71. The number of hydrogen-bond acceptors (Lipinski definition) is 1. The van der Waals surface area contributed by atoms with Crippen LogP contribution in [0.4, 0.5) is 0 Å². The van der Waals surface area contributed by atoms with E-state index in [0.29, 0.717) is 0 Å². The van der Waals surface area contributed by atoms with E-state index in [1.54, 1.807) is 0 Å². The van der Waals surface area contributed by atoms with Gasteiger partial charge in [-0.2, -0.15) is 0 Å². The predicted octanol–water partition coefficient (Wildman–Crippen LogP) is 3.45. The molecule has 1 amide bonds. The van der Waals surface area contributed by atoms with Crippen LogP contribution in [0.5, 0.6) is 0 Å². The molecule has 2 aromatic carbocycles. The Kier molecular flexibility index (Phi) is 3.08. The fourth-order valence-corrected chi connectivity index (χ4v) is 2.80. The Morgan fingerprint density at radius 2 is 1.74 bits per heavy atom. The Balaban J connectivity index is 1.90. The topological polar surface area (TPSA) is 20.3 Å². The smallest absolute Gasteiger partial charge is 0.254 e. The lowest BCUT2D eigenvalue weighted by atomic mass is 9.93. The molecule has 1 unspecified atom stereocenters. The minimum absolute atomic E-state index is 0.127. The highest BCUT2D eigenvalue weighted by Gasteiger charge is 2.27. The fraction of sp³-hybridized carbons (Fsp3) is 0.235. The van der Waals surface area contributed by atoms with Gasteiger partial charge in [0, 0.05) is 12.1 Å². The zero-order valence-corrected chi connectivity index (χ0v) is 11.0. The van der Waals surface area contributed by atoms with Crippen LogP contribution in [0.15, 0.2) is 54.6 Å². The van der Waals surface area contributed by atoms with Gasteiger partial charge in [0.2, 0.25) is 0 Å². The van der Waals surface area contributed by atoms with E-state index in [4.69, 9.17) is 0 Å². The van der Waals surface area contributed by atoms with Crippen LogP contribution in [0.2, 0.25) is 0 Å². The zero-order chi connectivity index (χ0) is 13.2. The molecule has 96 valence electrons. The lowest BCUT2D eigenvalue weighted by Gasteiger charge is -2.35. The molecular formula is C17H17NO. The van der Waals surface area contributed by atoms with Crippen LogP contribution in [0, 0.1) is 0 Å². The second kappa shape index (κ2) is 4.88. The Labute approximate surface area is 113 Å². The largest absolute Gasteiger partial charge is 0.332 e. The van der Waals surface area contributed by atoms with Gasteiger partial charge in [-0.1, -0.05) is 42.5 Å². The van der Waals surface area contributed by atoms with E-state index in [0.717, 1.165) is 18.5 Å². The Bertz CT molecular complexity index is 591. The number of rotatable bonds is 1. The molecule has 0 radical (unpaired) electrons. The van der Waals surface area contributed by atoms with Crippen LogP contribution >= 0.6 is 0 Å². The lowest BCUT2D eigenvalue weighted by Crippen LogP contribution is -2.38. The van der Waals surface area contributed by atoms with Gasteiger partial charge in [0.15, 0.2) is 0 Å². The van der Waals surface area contributed by atoms with E-state index in [1.165, 1.54) is 11.1 Å². The van der Waals surface area contributed by atoms with Gasteiger partial charge in [-0.15, -0.1) is 0 Å². The van der Waals surface area contributed by atoms with Crippen molar-refractivity contribution in [2.45, 2.75) is 19.4 Å². The molecule has 0 bridgehead atoms. The van der Waals surface area contributed by atoms with Gasteiger partial charge in [-0.3, -0.25) is 4.79 Å². The van der Waals surface area contributed by atoms with Gasteiger partial charge < -0.3 is 4.90 Å². The summed E-state index contributed by atoms with van der Waals surface area (Å²) in [7, 11) is 0. The van der Waals surface area contributed by atoms with Gasteiger partial charge in [0.1, 0.15) is 0 Å². The number of nitrogens with zero attached hydrogens (tertiary/aromatic N) is 1. The maximum Gasteiger partial charge on any atom is 0.254 e. The second-order valence-corrected chi connectivity index (χ2v) is 4.99. The van der Waals surface area contributed by atoms with Gasteiger partial charge in [-0.05, 0) is 36.6 Å². The highest BCUT2D eigenvalue weighted by molar-refractivity contribution is 5.94. The van der Waals surface area contributed by atoms with Gasteiger partial charge in [-0.25, -0.2) is 0 Å². The number of hydrogen-bond donors (Lipinski definition) is 0. The third-order valence-electron chi connectivity index (χ3n) is 3.88. The monoisotopic (exact) mass is 251 g/mol. The summed E-state index contributed by atoms with van der Waals surface area (Å²) in [4.78, 5) is 14.5. The van der Waals surface area contributed by atoms with Crippen LogP contribution in [0.3, 0.4) is 0 Å². The molecule has 0 aromatic heterocycles. The van der Waals surface area contributed by atoms with E-state index in [-0.39, 0.29) is 11.9 Å². The standard InChI is InChI=1S/C17H17NO/c1-13-16-10-6-5-7-14(16)11-12-18(13)17(19)15-8-3-2-4-9-15/h2-10,13H,11-12H2,1H3. The van der Waals surface area contributed by atoms with Crippen molar-refractivity contribution in [3.8, 4) is 0 Å². The van der Waals surface area contributed by atoms with E-state index in [1.807, 2.05) is 41.3 Å². The van der Waals surface area contributed by atoms with Crippen LogP contribution in [0.1, 0.15) is 34.5 Å². The Morgan fingerprint density at radius 1 is 1.05 bits per heavy atom.